The number of aliphatic hydroxyl groups excluding tert-OH is 1. The summed E-state index contributed by atoms with van der Waals surface area (Å²) < 4.78 is 0. The van der Waals surface area contributed by atoms with Crippen LogP contribution in [0.25, 0.3) is 10.9 Å². The van der Waals surface area contributed by atoms with Gasteiger partial charge in [-0.15, -0.1) is 0 Å². The summed E-state index contributed by atoms with van der Waals surface area (Å²) in [7, 11) is 1.64. The van der Waals surface area contributed by atoms with Gasteiger partial charge in [0.2, 0.25) is 0 Å². The van der Waals surface area contributed by atoms with Crippen molar-refractivity contribution in [2.45, 2.75) is 0 Å². The normalized spacial score (nSPS) is 10.6. The van der Waals surface area contributed by atoms with E-state index in [0.717, 1.165) is 10.9 Å². The number of para-hydroxylation sites is 1. The van der Waals surface area contributed by atoms with Crippen LogP contribution in [0.3, 0.4) is 0 Å². The lowest BCUT2D eigenvalue weighted by molar-refractivity contribution is 0.0763. The number of nitrogens with zero attached hydrogens (tertiary/aromatic N) is 2. The standard InChI is InChI=1S/C11H13N3O2/c1-14(6-7-15)11(16)10-8-4-2-3-5-9(8)12-13-10/h2-5,15H,6-7H2,1H3,(H,12,13). The zero-order valence-electron chi connectivity index (χ0n) is 8.97. The van der Waals surface area contributed by atoms with Gasteiger partial charge in [-0.3, -0.25) is 9.89 Å². The minimum atomic E-state index is -0.188. The zero-order valence-corrected chi connectivity index (χ0v) is 8.97. The Bertz CT molecular complexity index is 507. The van der Waals surface area contributed by atoms with Crippen molar-refractivity contribution in [3.8, 4) is 0 Å². The first-order valence-corrected chi connectivity index (χ1v) is 5.03. The monoisotopic (exact) mass is 219 g/mol. The fraction of sp³-hybridized carbons (Fsp3) is 0.273. The van der Waals surface area contributed by atoms with Gasteiger partial charge in [-0.25, -0.2) is 0 Å². The molecule has 0 fully saturated rings. The van der Waals surface area contributed by atoms with Gasteiger partial charge >= 0.3 is 0 Å². The van der Waals surface area contributed by atoms with Crippen molar-refractivity contribution in [3.05, 3.63) is 30.0 Å². The van der Waals surface area contributed by atoms with Crippen LogP contribution in [0.5, 0.6) is 0 Å². The molecule has 1 aromatic heterocycles. The molecule has 0 saturated heterocycles. The van der Waals surface area contributed by atoms with Crippen LogP contribution in [0.1, 0.15) is 10.5 Å². The number of aliphatic hydroxyl groups is 1. The molecule has 1 aromatic carbocycles. The van der Waals surface area contributed by atoms with E-state index in [2.05, 4.69) is 10.2 Å². The molecule has 2 aromatic rings. The van der Waals surface area contributed by atoms with Gasteiger partial charge in [-0.1, -0.05) is 18.2 Å². The summed E-state index contributed by atoms with van der Waals surface area (Å²) in [5, 5.41) is 16.4. The van der Waals surface area contributed by atoms with Gasteiger partial charge in [0, 0.05) is 19.0 Å². The Labute approximate surface area is 92.7 Å². The van der Waals surface area contributed by atoms with E-state index < -0.39 is 0 Å². The lowest BCUT2D eigenvalue weighted by Gasteiger charge is -2.13. The van der Waals surface area contributed by atoms with Crippen LogP contribution in [-0.4, -0.2) is 46.3 Å². The molecule has 5 heteroatoms. The van der Waals surface area contributed by atoms with Crippen LogP contribution in [-0.2, 0) is 0 Å². The van der Waals surface area contributed by atoms with E-state index in [1.165, 1.54) is 4.90 Å². The molecule has 0 aliphatic carbocycles. The highest BCUT2D eigenvalue weighted by Gasteiger charge is 2.17. The molecule has 0 radical (unpaired) electrons. The third kappa shape index (κ3) is 1.77. The van der Waals surface area contributed by atoms with Crippen LogP contribution < -0.4 is 0 Å². The number of nitrogens with one attached hydrogen (secondary N) is 1. The number of fused-ring (bicyclic) bond motifs is 1. The van der Waals surface area contributed by atoms with E-state index in [0.29, 0.717) is 12.2 Å². The molecule has 2 N–H and O–H groups in total. The number of rotatable bonds is 3. The minimum absolute atomic E-state index is 0.0510. The number of H-pyrrole nitrogens is 1. The zero-order chi connectivity index (χ0) is 11.5. The molecule has 2 rings (SSSR count). The molecule has 0 saturated carbocycles. The van der Waals surface area contributed by atoms with Crippen LogP contribution in [0.4, 0.5) is 0 Å². The molecule has 16 heavy (non-hydrogen) atoms. The minimum Gasteiger partial charge on any atom is -0.395 e. The molecule has 0 spiro atoms. The van der Waals surface area contributed by atoms with Crippen molar-refractivity contribution in [1.82, 2.24) is 15.1 Å². The lowest BCUT2D eigenvalue weighted by Crippen LogP contribution is -2.29. The Hall–Kier alpha value is -1.88. The fourth-order valence-corrected chi connectivity index (χ4v) is 1.56. The predicted octanol–water partition coefficient (Wildman–Crippen LogP) is 0.627. The Morgan fingerprint density at radius 2 is 2.25 bits per heavy atom. The second-order valence-electron chi connectivity index (χ2n) is 3.57. The van der Waals surface area contributed by atoms with Crippen molar-refractivity contribution >= 4 is 16.8 Å². The first-order valence-electron chi connectivity index (χ1n) is 5.03. The maximum Gasteiger partial charge on any atom is 0.274 e. The third-order valence-electron chi connectivity index (χ3n) is 2.46. The number of hydrogen-bond acceptors (Lipinski definition) is 3. The third-order valence-corrected chi connectivity index (χ3v) is 2.46. The number of likely N-dealkylation sites (N-methyl/N-ethyl adjacent to an activating group) is 1. The average molecular weight is 219 g/mol. The molecule has 0 atom stereocenters. The Morgan fingerprint density at radius 3 is 3.00 bits per heavy atom. The number of benzene rings is 1. The number of amides is 1. The molecule has 1 amide bonds. The second-order valence-corrected chi connectivity index (χ2v) is 3.57. The molecular weight excluding hydrogens is 206 g/mol. The van der Waals surface area contributed by atoms with E-state index in [-0.39, 0.29) is 12.5 Å². The summed E-state index contributed by atoms with van der Waals surface area (Å²) in [4.78, 5) is 13.4. The van der Waals surface area contributed by atoms with Gasteiger partial charge < -0.3 is 10.0 Å². The SMILES string of the molecule is CN(CCO)C(=O)c1n[nH]c2ccccc12. The van der Waals surface area contributed by atoms with E-state index in [4.69, 9.17) is 5.11 Å². The average Bonchev–Trinajstić information content (AvgIpc) is 2.72. The lowest BCUT2D eigenvalue weighted by atomic mass is 10.2. The van der Waals surface area contributed by atoms with Crippen LogP contribution >= 0.6 is 0 Å². The summed E-state index contributed by atoms with van der Waals surface area (Å²) in [6.45, 7) is 0.255. The van der Waals surface area contributed by atoms with Crippen molar-refractivity contribution in [1.29, 1.82) is 0 Å². The molecule has 84 valence electrons. The maximum atomic E-state index is 11.9. The van der Waals surface area contributed by atoms with Gasteiger partial charge in [0.1, 0.15) is 0 Å². The molecule has 0 bridgehead atoms. The smallest absolute Gasteiger partial charge is 0.274 e. The predicted molar refractivity (Wildman–Crippen MR) is 60.1 cm³/mol. The van der Waals surface area contributed by atoms with Crippen molar-refractivity contribution in [2.24, 2.45) is 0 Å². The summed E-state index contributed by atoms with van der Waals surface area (Å²) in [6, 6.07) is 7.46. The van der Waals surface area contributed by atoms with Crippen LogP contribution in [0.2, 0.25) is 0 Å². The summed E-state index contributed by atoms with van der Waals surface area (Å²) in [6.07, 6.45) is 0. The highest BCUT2D eigenvalue weighted by molar-refractivity contribution is 6.04. The maximum absolute atomic E-state index is 11.9. The summed E-state index contributed by atoms with van der Waals surface area (Å²) >= 11 is 0. The molecular formula is C11H13N3O2. The van der Waals surface area contributed by atoms with E-state index in [9.17, 15) is 4.79 Å². The number of aromatic amines is 1. The number of carbonyl (C=O) groups excluding carboxylic acids is 1. The highest BCUT2D eigenvalue weighted by Crippen LogP contribution is 2.16. The Balaban J connectivity index is 2.36. The second kappa shape index (κ2) is 4.32. The van der Waals surface area contributed by atoms with Gasteiger partial charge in [0.05, 0.1) is 12.1 Å². The van der Waals surface area contributed by atoms with Gasteiger partial charge in [-0.2, -0.15) is 5.10 Å². The first kappa shape index (κ1) is 10.6. The van der Waals surface area contributed by atoms with Crippen molar-refractivity contribution in [3.63, 3.8) is 0 Å². The van der Waals surface area contributed by atoms with Gasteiger partial charge in [0.25, 0.3) is 5.91 Å². The van der Waals surface area contributed by atoms with Gasteiger partial charge in [0.15, 0.2) is 5.69 Å². The quantitative estimate of drug-likeness (QED) is 0.795. The fourth-order valence-electron chi connectivity index (χ4n) is 1.56. The van der Waals surface area contributed by atoms with Crippen LogP contribution in [0.15, 0.2) is 24.3 Å². The Kier molecular flexibility index (Phi) is 2.87. The first-order chi connectivity index (χ1) is 7.74. The van der Waals surface area contributed by atoms with Crippen molar-refractivity contribution < 1.29 is 9.90 Å². The Morgan fingerprint density at radius 1 is 1.50 bits per heavy atom. The highest BCUT2D eigenvalue weighted by atomic mass is 16.3. The molecule has 1 heterocycles. The molecule has 5 nitrogen and oxygen atoms in total. The van der Waals surface area contributed by atoms with Crippen LogP contribution in [0, 0.1) is 0 Å². The number of aromatic nitrogens is 2. The van der Waals surface area contributed by atoms with E-state index in [1.807, 2.05) is 24.3 Å². The summed E-state index contributed by atoms with van der Waals surface area (Å²) in [5.74, 6) is -0.188. The molecule has 0 unspecified atom stereocenters. The van der Waals surface area contributed by atoms with E-state index >= 15 is 0 Å². The molecule has 0 aliphatic rings. The van der Waals surface area contributed by atoms with Gasteiger partial charge in [-0.05, 0) is 6.07 Å². The topological polar surface area (TPSA) is 69.2 Å². The van der Waals surface area contributed by atoms with Crippen molar-refractivity contribution in [2.75, 3.05) is 20.2 Å². The van der Waals surface area contributed by atoms with E-state index in [1.54, 1.807) is 7.05 Å². The largest absolute Gasteiger partial charge is 0.395 e. The number of carbonyl (C=O) groups is 1. The molecule has 0 aliphatic heterocycles. The summed E-state index contributed by atoms with van der Waals surface area (Å²) in [5.41, 5.74) is 1.23. The number of hydrogen-bond donors (Lipinski definition) is 2.